The topological polar surface area (TPSA) is 52.8 Å². The van der Waals surface area contributed by atoms with Gasteiger partial charge in [0.2, 0.25) is 11.8 Å². The van der Waals surface area contributed by atoms with Crippen LogP contribution in [0.2, 0.25) is 0 Å². The van der Waals surface area contributed by atoms with Gasteiger partial charge in [-0.25, -0.2) is 4.39 Å². The van der Waals surface area contributed by atoms with Gasteiger partial charge in [0, 0.05) is 43.7 Å². The molecule has 0 spiro atoms. The van der Waals surface area contributed by atoms with E-state index in [4.69, 9.17) is 4.52 Å². The number of hydrogen-bond donors (Lipinski definition) is 0. The molecule has 0 saturated carbocycles. The summed E-state index contributed by atoms with van der Waals surface area (Å²) >= 11 is 0. The Morgan fingerprint density at radius 1 is 1.17 bits per heavy atom. The molecule has 1 aromatic heterocycles. The summed E-state index contributed by atoms with van der Waals surface area (Å²) in [6.07, 6.45) is 0.861. The summed E-state index contributed by atoms with van der Waals surface area (Å²) < 4.78 is 19.3. The van der Waals surface area contributed by atoms with Gasteiger partial charge < -0.3 is 19.2 Å². The molecular weight excluding hydrogens is 383 g/mol. The molecule has 1 aromatic carbocycles. The molecule has 2 heterocycles. The van der Waals surface area contributed by atoms with Gasteiger partial charge >= 0.3 is 0 Å². The Balaban J connectivity index is 2.02. The molecule has 1 amide bonds. The number of nitrogens with zero attached hydrogens (tertiary/aromatic N) is 4. The maximum absolute atomic E-state index is 13.5. The van der Waals surface area contributed by atoms with E-state index in [0.717, 1.165) is 43.7 Å². The van der Waals surface area contributed by atoms with Crippen molar-refractivity contribution in [1.82, 2.24) is 15.0 Å². The zero-order valence-corrected chi connectivity index (χ0v) is 18.7. The van der Waals surface area contributed by atoms with Gasteiger partial charge in [-0.2, -0.15) is 0 Å². The SMILES string of the molecule is CC[C@H](C)N(Cc1c(-c2ccc(F)cc2)noc1N1CCN(C)CC1)C(=O)C(C)C. The van der Waals surface area contributed by atoms with Crippen LogP contribution in [0.3, 0.4) is 0 Å². The Labute approximate surface area is 178 Å². The van der Waals surface area contributed by atoms with E-state index in [9.17, 15) is 9.18 Å². The number of anilines is 1. The monoisotopic (exact) mass is 416 g/mol. The van der Waals surface area contributed by atoms with Crippen molar-refractivity contribution in [3.63, 3.8) is 0 Å². The van der Waals surface area contributed by atoms with Crippen molar-refractivity contribution in [2.75, 3.05) is 38.1 Å². The first-order valence-corrected chi connectivity index (χ1v) is 10.8. The lowest BCUT2D eigenvalue weighted by Gasteiger charge is -2.34. The van der Waals surface area contributed by atoms with Gasteiger partial charge in [-0.05, 0) is 44.7 Å². The average molecular weight is 417 g/mol. The van der Waals surface area contributed by atoms with Gasteiger partial charge in [0.25, 0.3) is 0 Å². The quantitative estimate of drug-likeness (QED) is 0.683. The fourth-order valence-electron chi connectivity index (χ4n) is 3.71. The van der Waals surface area contributed by atoms with E-state index < -0.39 is 0 Å². The molecule has 0 unspecified atom stereocenters. The van der Waals surface area contributed by atoms with Crippen molar-refractivity contribution >= 4 is 11.8 Å². The standard InChI is InChI=1S/C23H33FN4O2/c1-6-17(4)28(22(29)16(2)3)15-20-21(18-7-9-19(24)10-8-18)25-30-23(20)27-13-11-26(5)12-14-27/h7-10,16-17H,6,11-15H2,1-5H3/t17-/m0/s1. The summed E-state index contributed by atoms with van der Waals surface area (Å²) in [5, 5.41) is 4.36. The summed E-state index contributed by atoms with van der Waals surface area (Å²) in [7, 11) is 2.11. The smallest absolute Gasteiger partial charge is 0.232 e. The number of piperazine rings is 1. The second kappa shape index (κ2) is 9.60. The molecule has 3 rings (SSSR count). The Morgan fingerprint density at radius 3 is 2.37 bits per heavy atom. The summed E-state index contributed by atoms with van der Waals surface area (Å²) in [5.41, 5.74) is 2.35. The lowest BCUT2D eigenvalue weighted by atomic mass is 10.0. The molecule has 30 heavy (non-hydrogen) atoms. The van der Waals surface area contributed by atoms with Gasteiger partial charge in [-0.1, -0.05) is 25.9 Å². The highest BCUT2D eigenvalue weighted by molar-refractivity contribution is 5.79. The van der Waals surface area contributed by atoms with Crippen LogP contribution in [-0.4, -0.2) is 60.1 Å². The normalized spacial score (nSPS) is 16.2. The van der Waals surface area contributed by atoms with Gasteiger partial charge in [0.15, 0.2) is 0 Å². The second-order valence-electron chi connectivity index (χ2n) is 8.49. The fourth-order valence-corrected chi connectivity index (χ4v) is 3.71. The number of halogens is 1. The highest BCUT2D eigenvalue weighted by atomic mass is 19.1. The molecule has 0 aliphatic carbocycles. The second-order valence-corrected chi connectivity index (χ2v) is 8.49. The van der Waals surface area contributed by atoms with E-state index in [1.807, 2.05) is 18.7 Å². The molecule has 1 aliphatic heterocycles. The molecule has 2 aromatic rings. The maximum Gasteiger partial charge on any atom is 0.232 e. The van der Waals surface area contributed by atoms with Crippen molar-refractivity contribution in [2.24, 2.45) is 5.92 Å². The molecule has 164 valence electrons. The van der Waals surface area contributed by atoms with Crippen molar-refractivity contribution in [1.29, 1.82) is 0 Å². The third-order valence-corrected chi connectivity index (χ3v) is 5.90. The molecular formula is C23H33FN4O2. The largest absolute Gasteiger partial charge is 0.338 e. The number of hydrogen-bond acceptors (Lipinski definition) is 5. The van der Waals surface area contributed by atoms with Crippen molar-refractivity contribution < 1.29 is 13.7 Å². The molecule has 0 bridgehead atoms. The number of carbonyl (C=O) groups is 1. The Hall–Kier alpha value is -2.41. The van der Waals surface area contributed by atoms with Gasteiger partial charge in [-0.3, -0.25) is 4.79 Å². The minimum absolute atomic E-state index is 0.0937. The summed E-state index contributed by atoms with van der Waals surface area (Å²) in [5.74, 6) is 0.437. The van der Waals surface area contributed by atoms with Gasteiger partial charge in [0.1, 0.15) is 11.5 Å². The molecule has 0 N–H and O–H groups in total. The lowest BCUT2D eigenvalue weighted by molar-refractivity contribution is -0.137. The van der Waals surface area contributed by atoms with Crippen LogP contribution in [0, 0.1) is 11.7 Å². The number of rotatable bonds is 7. The van der Waals surface area contributed by atoms with Gasteiger partial charge in [-0.15, -0.1) is 0 Å². The minimum Gasteiger partial charge on any atom is -0.338 e. The Bertz CT molecular complexity index is 841. The lowest BCUT2D eigenvalue weighted by Crippen LogP contribution is -2.45. The fraction of sp³-hybridized carbons (Fsp3) is 0.565. The Morgan fingerprint density at radius 2 is 1.80 bits per heavy atom. The predicted octanol–water partition coefficient (Wildman–Crippen LogP) is 4.02. The van der Waals surface area contributed by atoms with E-state index in [2.05, 4.69) is 35.9 Å². The third kappa shape index (κ3) is 4.83. The highest BCUT2D eigenvalue weighted by Crippen LogP contribution is 2.34. The first-order valence-electron chi connectivity index (χ1n) is 10.8. The maximum atomic E-state index is 13.5. The van der Waals surface area contributed by atoms with Crippen molar-refractivity contribution in [2.45, 2.75) is 46.7 Å². The summed E-state index contributed by atoms with van der Waals surface area (Å²) in [6, 6.07) is 6.37. The number of amides is 1. The van der Waals surface area contributed by atoms with Crippen LogP contribution in [0.25, 0.3) is 11.3 Å². The van der Waals surface area contributed by atoms with Crippen molar-refractivity contribution in [3.8, 4) is 11.3 Å². The average Bonchev–Trinajstić information content (AvgIpc) is 3.15. The zero-order chi connectivity index (χ0) is 21.8. The molecule has 0 radical (unpaired) electrons. The molecule has 6 nitrogen and oxygen atoms in total. The molecule has 7 heteroatoms. The molecule has 1 saturated heterocycles. The minimum atomic E-state index is -0.292. The van der Waals surface area contributed by atoms with Crippen LogP contribution >= 0.6 is 0 Å². The van der Waals surface area contributed by atoms with E-state index in [0.29, 0.717) is 18.1 Å². The van der Waals surface area contributed by atoms with E-state index in [1.54, 1.807) is 12.1 Å². The highest BCUT2D eigenvalue weighted by Gasteiger charge is 2.30. The first-order chi connectivity index (χ1) is 14.3. The van der Waals surface area contributed by atoms with Gasteiger partial charge in [0.05, 0.1) is 12.1 Å². The molecule has 1 atom stereocenters. The van der Waals surface area contributed by atoms with E-state index in [1.165, 1.54) is 12.1 Å². The number of aromatic nitrogens is 1. The van der Waals surface area contributed by atoms with Crippen LogP contribution < -0.4 is 4.90 Å². The van der Waals surface area contributed by atoms with Crippen LogP contribution in [-0.2, 0) is 11.3 Å². The van der Waals surface area contributed by atoms with Crippen LogP contribution in [0.15, 0.2) is 28.8 Å². The molecule has 1 fully saturated rings. The predicted molar refractivity (Wildman–Crippen MR) is 117 cm³/mol. The first kappa shape index (κ1) is 22.3. The number of carbonyl (C=O) groups excluding carboxylic acids is 1. The molecule has 1 aliphatic rings. The summed E-state index contributed by atoms with van der Waals surface area (Å²) in [6.45, 7) is 12.0. The van der Waals surface area contributed by atoms with Crippen LogP contribution in [0.5, 0.6) is 0 Å². The van der Waals surface area contributed by atoms with Crippen LogP contribution in [0.4, 0.5) is 10.3 Å². The summed E-state index contributed by atoms with van der Waals surface area (Å²) in [4.78, 5) is 19.4. The van der Waals surface area contributed by atoms with Crippen LogP contribution in [0.1, 0.15) is 39.7 Å². The third-order valence-electron chi connectivity index (χ3n) is 5.90. The number of benzene rings is 1. The van der Waals surface area contributed by atoms with Crippen molar-refractivity contribution in [3.05, 3.63) is 35.6 Å². The Kier molecular flexibility index (Phi) is 7.13. The number of likely N-dealkylation sites (N-methyl/N-ethyl adjacent to an activating group) is 1. The van der Waals surface area contributed by atoms with E-state index in [-0.39, 0.29) is 23.7 Å². The van der Waals surface area contributed by atoms with E-state index >= 15 is 0 Å². The zero-order valence-electron chi connectivity index (χ0n) is 18.7.